The summed E-state index contributed by atoms with van der Waals surface area (Å²) < 4.78 is 4.90. The molecule has 3 aliphatic carbocycles. The van der Waals surface area contributed by atoms with E-state index in [-0.39, 0.29) is 11.9 Å². The lowest BCUT2D eigenvalue weighted by atomic mass is 9.52. The molecule has 0 radical (unpaired) electrons. The van der Waals surface area contributed by atoms with Gasteiger partial charge < -0.3 is 9.84 Å². The average molecular weight is 224 g/mol. The second-order valence-corrected chi connectivity index (χ2v) is 6.07. The Morgan fingerprint density at radius 3 is 2.88 bits per heavy atom. The highest BCUT2D eigenvalue weighted by atomic mass is 16.5. The van der Waals surface area contributed by atoms with Gasteiger partial charge in [-0.1, -0.05) is 6.42 Å². The molecule has 3 saturated carbocycles. The van der Waals surface area contributed by atoms with Crippen molar-refractivity contribution in [1.82, 2.24) is 0 Å². The molecule has 0 heterocycles. The Kier molecular flexibility index (Phi) is 2.29. The number of esters is 1. The number of aliphatic hydroxyl groups is 1. The first-order valence-corrected chi connectivity index (χ1v) is 6.41. The minimum atomic E-state index is -0.566. The Hall–Kier alpha value is -0.570. The van der Waals surface area contributed by atoms with E-state index in [0.29, 0.717) is 24.2 Å². The molecule has 0 aromatic rings. The maximum atomic E-state index is 11.8. The molecule has 3 rings (SSSR count). The van der Waals surface area contributed by atoms with E-state index >= 15 is 0 Å². The van der Waals surface area contributed by atoms with Gasteiger partial charge in [-0.2, -0.15) is 0 Å². The zero-order valence-corrected chi connectivity index (χ0v) is 9.82. The molecule has 90 valence electrons. The third-order valence-corrected chi connectivity index (χ3v) is 5.08. The minimum Gasteiger partial charge on any atom is -0.469 e. The normalized spacial score (nSPS) is 50.1. The number of carbonyl (C=O) groups is 1. The van der Waals surface area contributed by atoms with E-state index in [0.717, 1.165) is 19.3 Å². The molecule has 0 aromatic heterocycles. The molecule has 5 unspecified atom stereocenters. The van der Waals surface area contributed by atoms with Crippen LogP contribution in [0.1, 0.15) is 38.5 Å². The van der Waals surface area contributed by atoms with Gasteiger partial charge in [0.15, 0.2) is 0 Å². The maximum absolute atomic E-state index is 11.8. The fourth-order valence-electron chi connectivity index (χ4n) is 4.58. The highest BCUT2D eigenvalue weighted by Crippen LogP contribution is 2.56. The van der Waals surface area contributed by atoms with Gasteiger partial charge in [-0.15, -0.1) is 0 Å². The van der Waals surface area contributed by atoms with E-state index in [1.54, 1.807) is 0 Å². The Labute approximate surface area is 96.2 Å². The van der Waals surface area contributed by atoms with Crippen LogP contribution in [0.2, 0.25) is 0 Å². The Balaban J connectivity index is 1.90. The van der Waals surface area contributed by atoms with Crippen molar-refractivity contribution in [3.8, 4) is 0 Å². The van der Waals surface area contributed by atoms with Gasteiger partial charge in [0.2, 0.25) is 0 Å². The van der Waals surface area contributed by atoms with Gasteiger partial charge in [0.1, 0.15) is 0 Å². The molecule has 3 nitrogen and oxygen atoms in total. The van der Waals surface area contributed by atoms with Gasteiger partial charge >= 0.3 is 5.97 Å². The van der Waals surface area contributed by atoms with Gasteiger partial charge in [0.05, 0.1) is 18.6 Å². The van der Waals surface area contributed by atoms with Crippen molar-refractivity contribution in [2.24, 2.45) is 23.7 Å². The summed E-state index contributed by atoms with van der Waals surface area (Å²) in [6.45, 7) is 0. The van der Waals surface area contributed by atoms with Crippen LogP contribution in [0, 0.1) is 23.7 Å². The quantitative estimate of drug-likeness (QED) is 0.690. The zero-order chi connectivity index (χ0) is 11.3. The number of ether oxygens (including phenoxy) is 1. The molecule has 16 heavy (non-hydrogen) atoms. The van der Waals surface area contributed by atoms with Crippen LogP contribution in [-0.4, -0.2) is 23.8 Å². The van der Waals surface area contributed by atoms with E-state index in [9.17, 15) is 9.90 Å². The van der Waals surface area contributed by atoms with E-state index in [1.807, 2.05) is 0 Å². The van der Waals surface area contributed by atoms with Crippen LogP contribution in [0.25, 0.3) is 0 Å². The summed E-state index contributed by atoms with van der Waals surface area (Å²) in [4.78, 5) is 11.8. The summed E-state index contributed by atoms with van der Waals surface area (Å²) in [6.07, 6.45) is 6.03. The molecule has 3 heteroatoms. The van der Waals surface area contributed by atoms with Gasteiger partial charge in [-0.3, -0.25) is 4.79 Å². The summed E-state index contributed by atoms with van der Waals surface area (Å²) in [6, 6.07) is 0. The molecule has 1 N–H and O–H groups in total. The number of hydrogen-bond donors (Lipinski definition) is 1. The van der Waals surface area contributed by atoms with Gasteiger partial charge in [-0.05, 0) is 49.9 Å². The fourth-order valence-corrected chi connectivity index (χ4v) is 4.58. The van der Waals surface area contributed by atoms with Crippen molar-refractivity contribution in [3.05, 3.63) is 0 Å². The predicted octanol–water partition coefficient (Wildman–Crippen LogP) is 1.74. The maximum Gasteiger partial charge on any atom is 0.309 e. The van der Waals surface area contributed by atoms with Crippen LogP contribution in [-0.2, 0) is 9.53 Å². The smallest absolute Gasteiger partial charge is 0.309 e. The molecule has 5 atom stereocenters. The monoisotopic (exact) mass is 224 g/mol. The van der Waals surface area contributed by atoms with Gasteiger partial charge in [0, 0.05) is 0 Å². The van der Waals surface area contributed by atoms with Crippen molar-refractivity contribution < 1.29 is 14.6 Å². The summed E-state index contributed by atoms with van der Waals surface area (Å²) in [5.41, 5.74) is -0.566. The lowest BCUT2D eigenvalue weighted by Crippen LogP contribution is -2.53. The molecule has 0 spiro atoms. The second-order valence-electron chi connectivity index (χ2n) is 6.07. The van der Waals surface area contributed by atoms with Crippen LogP contribution >= 0.6 is 0 Å². The van der Waals surface area contributed by atoms with Crippen molar-refractivity contribution in [2.45, 2.75) is 44.1 Å². The first kappa shape index (κ1) is 10.6. The van der Waals surface area contributed by atoms with Crippen LogP contribution in [0.15, 0.2) is 0 Å². The Morgan fingerprint density at radius 1 is 1.31 bits per heavy atom. The molecule has 3 bridgehead atoms. The molecule has 0 aromatic carbocycles. The fraction of sp³-hybridized carbons (Fsp3) is 0.923. The molecular formula is C13H20O3. The Bertz CT molecular complexity index is 310. The highest BCUT2D eigenvalue weighted by Gasteiger charge is 2.54. The molecule has 0 saturated heterocycles. The number of fused-ring (bicyclic) bond motifs is 2. The summed E-state index contributed by atoms with van der Waals surface area (Å²) in [5.74, 6) is 1.60. The van der Waals surface area contributed by atoms with E-state index in [1.165, 1.54) is 20.0 Å². The second kappa shape index (κ2) is 3.46. The summed E-state index contributed by atoms with van der Waals surface area (Å²) >= 11 is 0. The largest absolute Gasteiger partial charge is 0.469 e. The Morgan fingerprint density at radius 2 is 2.12 bits per heavy atom. The van der Waals surface area contributed by atoms with E-state index in [4.69, 9.17) is 4.74 Å². The third-order valence-electron chi connectivity index (χ3n) is 5.08. The lowest BCUT2D eigenvalue weighted by Gasteiger charge is -2.54. The zero-order valence-electron chi connectivity index (χ0n) is 9.82. The number of carbonyl (C=O) groups excluding carboxylic acids is 1. The van der Waals surface area contributed by atoms with Crippen LogP contribution < -0.4 is 0 Å². The highest BCUT2D eigenvalue weighted by molar-refractivity contribution is 5.73. The molecule has 0 amide bonds. The third kappa shape index (κ3) is 1.48. The molecule has 3 fully saturated rings. The van der Waals surface area contributed by atoms with E-state index in [2.05, 4.69) is 0 Å². The first-order valence-electron chi connectivity index (χ1n) is 6.41. The number of rotatable bonds is 1. The molecular weight excluding hydrogens is 204 g/mol. The van der Waals surface area contributed by atoms with Crippen molar-refractivity contribution in [2.75, 3.05) is 7.11 Å². The first-order chi connectivity index (χ1) is 7.61. The molecule has 3 aliphatic rings. The predicted molar refractivity (Wildman–Crippen MR) is 58.6 cm³/mol. The van der Waals surface area contributed by atoms with Crippen LogP contribution in [0.4, 0.5) is 0 Å². The molecule has 0 aliphatic heterocycles. The lowest BCUT2D eigenvalue weighted by molar-refractivity contribution is -0.170. The number of methoxy groups -OCH3 is 1. The average Bonchev–Trinajstić information content (AvgIpc) is 2.24. The summed E-state index contributed by atoms with van der Waals surface area (Å²) in [7, 11) is 1.46. The standard InChI is InChI=1S/C13H20O3/c1-16-12(14)11-7-13(15)5-8-2-3-10(11)9(4-8)6-13/h8-11,15H,2-7H2,1H3. The van der Waals surface area contributed by atoms with Crippen LogP contribution in [0.5, 0.6) is 0 Å². The number of hydrogen-bond acceptors (Lipinski definition) is 3. The van der Waals surface area contributed by atoms with Crippen molar-refractivity contribution in [1.29, 1.82) is 0 Å². The van der Waals surface area contributed by atoms with Crippen molar-refractivity contribution in [3.63, 3.8) is 0 Å². The van der Waals surface area contributed by atoms with Gasteiger partial charge in [-0.25, -0.2) is 0 Å². The SMILES string of the molecule is COC(=O)C1CC2(O)CC3CCC1C(C3)C2. The van der Waals surface area contributed by atoms with Crippen LogP contribution in [0.3, 0.4) is 0 Å². The summed E-state index contributed by atoms with van der Waals surface area (Å²) in [5, 5.41) is 10.5. The van der Waals surface area contributed by atoms with E-state index < -0.39 is 5.60 Å². The topological polar surface area (TPSA) is 46.5 Å². The van der Waals surface area contributed by atoms with Gasteiger partial charge in [0.25, 0.3) is 0 Å². The minimum absolute atomic E-state index is 0.0463. The van der Waals surface area contributed by atoms with Crippen molar-refractivity contribution >= 4 is 5.97 Å².